The van der Waals surface area contributed by atoms with Gasteiger partial charge in [-0.25, -0.2) is 0 Å². The Morgan fingerprint density at radius 1 is 1.12 bits per heavy atom. The average Bonchev–Trinajstić information content (AvgIpc) is 2.34. The topological polar surface area (TPSA) is 44.5 Å². The summed E-state index contributed by atoms with van der Waals surface area (Å²) in [6.07, 6.45) is 0.949. The maximum absolute atomic E-state index is 5.92. The lowest BCUT2D eigenvalue weighted by atomic mass is 10.1. The van der Waals surface area contributed by atoms with E-state index in [0.29, 0.717) is 13.2 Å². The van der Waals surface area contributed by atoms with Gasteiger partial charge in [-0.2, -0.15) is 0 Å². The molecular weight excluding hydrogens is 202 g/mol. The molecule has 0 aromatic heterocycles. The third-order valence-corrected chi connectivity index (χ3v) is 2.45. The molecule has 0 unspecified atom stereocenters. The average molecular weight is 223 g/mol. The van der Waals surface area contributed by atoms with Crippen molar-refractivity contribution in [2.24, 2.45) is 5.73 Å². The predicted molar refractivity (Wildman–Crippen MR) is 65.6 cm³/mol. The van der Waals surface area contributed by atoms with Crippen LogP contribution in [0.2, 0.25) is 0 Å². The fourth-order valence-electron chi connectivity index (χ4n) is 1.41. The van der Waals surface area contributed by atoms with Crippen molar-refractivity contribution in [3.05, 3.63) is 29.8 Å². The molecule has 1 rings (SSSR count). The van der Waals surface area contributed by atoms with Gasteiger partial charge in [-0.05, 0) is 31.0 Å². The monoisotopic (exact) mass is 223 g/mol. The SMILES string of the molecule is CCOCCOc1ccc([C@@H](N)CC)cc1. The molecule has 0 aliphatic heterocycles. The molecule has 3 heteroatoms. The van der Waals surface area contributed by atoms with E-state index < -0.39 is 0 Å². The Morgan fingerprint density at radius 2 is 1.81 bits per heavy atom. The molecular formula is C13H21NO2. The number of rotatable bonds is 7. The van der Waals surface area contributed by atoms with Gasteiger partial charge in [0.1, 0.15) is 12.4 Å². The molecule has 0 aliphatic carbocycles. The van der Waals surface area contributed by atoms with Gasteiger partial charge in [0.05, 0.1) is 6.61 Å². The highest BCUT2D eigenvalue weighted by Gasteiger charge is 2.02. The maximum Gasteiger partial charge on any atom is 0.119 e. The van der Waals surface area contributed by atoms with E-state index in [9.17, 15) is 0 Å². The molecule has 1 aromatic rings. The number of ether oxygens (including phenoxy) is 2. The second-order valence-corrected chi connectivity index (χ2v) is 3.63. The first-order valence-corrected chi connectivity index (χ1v) is 5.84. The maximum atomic E-state index is 5.92. The zero-order valence-corrected chi connectivity index (χ0v) is 10.1. The lowest BCUT2D eigenvalue weighted by molar-refractivity contribution is 0.110. The second-order valence-electron chi connectivity index (χ2n) is 3.63. The number of hydrogen-bond donors (Lipinski definition) is 1. The number of nitrogens with two attached hydrogens (primary N) is 1. The van der Waals surface area contributed by atoms with Crippen LogP contribution >= 0.6 is 0 Å². The van der Waals surface area contributed by atoms with E-state index in [0.717, 1.165) is 24.3 Å². The van der Waals surface area contributed by atoms with E-state index in [1.165, 1.54) is 0 Å². The molecule has 2 N–H and O–H groups in total. The van der Waals surface area contributed by atoms with Crippen molar-refractivity contribution >= 4 is 0 Å². The summed E-state index contributed by atoms with van der Waals surface area (Å²) in [5.74, 6) is 0.867. The van der Waals surface area contributed by atoms with Crippen LogP contribution in [0.1, 0.15) is 31.9 Å². The van der Waals surface area contributed by atoms with Gasteiger partial charge in [-0.1, -0.05) is 19.1 Å². The molecule has 90 valence electrons. The number of benzene rings is 1. The third-order valence-electron chi connectivity index (χ3n) is 2.45. The smallest absolute Gasteiger partial charge is 0.119 e. The Morgan fingerprint density at radius 3 is 2.38 bits per heavy atom. The van der Waals surface area contributed by atoms with Gasteiger partial charge in [-0.3, -0.25) is 0 Å². The van der Waals surface area contributed by atoms with E-state index >= 15 is 0 Å². The zero-order chi connectivity index (χ0) is 11.8. The highest BCUT2D eigenvalue weighted by atomic mass is 16.5. The molecule has 0 fully saturated rings. The van der Waals surface area contributed by atoms with E-state index in [4.69, 9.17) is 15.2 Å². The van der Waals surface area contributed by atoms with Gasteiger partial charge < -0.3 is 15.2 Å². The normalized spacial score (nSPS) is 12.4. The van der Waals surface area contributed by atoms with Crippen molar-refractivity contribution < 1.29 is 9.47 Å². The molecule has 0 saturated heterocycles. The van der Waals surface area contributed by atoms with Crippen LogP contribution in [0.3, 0.4) is 0 Å². The lowest BCUT2D eigenvalue weighted by Crippen LogP contribution is -2.09. The zero-order valence-electron chi connectivity index (χ0n) is 10.1. The van der Waals surface area contributed by atoms with Crippen LogP contribution in [-0.2, 0) is 4.74 Å². The summed E-state index contributed by atoms with van der Waals surface area (Å²) in [5, 5.41) is 0. The quantitative estimate of drug-likeness (QED) is 0.722. The van der Waals surface area contributed by atoms with Gasteiger partial charge >= 0.3 is 0 Å². The van der Waals surface area contributed by atoms with Crippen LogP contribution in [0.5, 0.6) is 5.75 Å². The van der Waals surface area contributed by atoms with E-state index in [1.807, 2.05) is 31.2 Å². The van der Waals surface area contributed by atoms with Crippen LogP contribution in [-0.4, -0.2) is 19.8 Å². The van der Waals surface area contributed by atoms with Crippen LogP contribution in [0.15, 0.2) is 24.3 Å². The summed E-state index contributed by atoms with van der Waals surface area (Å²) >= 11 is 0. The largest absolute Gasteiger partial charge is 0.491 e. The summed E-state index contributed by atoms with van der Waals surface area (Å²) in [6, 6.07) is 8.07. The summed E-state index contributed by atoms with van der Waals surface area (Å²) in [5.41, 5.74) is 7.08. The van der Waals surface area contributed by atoms with Gasteiger partial charge in [0.15, 0.2) is 0 Å². The molecule has 0 bridgehead atoms. The second kappa shape index (κ2) is 7.25. The van der Waals surface area contributed by atoms with E-state index in [1.54, 1.807) is 0 Å². The summed E-state index contributed by atoms with van der Waals surface area (Å²) < 4.78 is 10.7. The van der Waals surface area contributed by atoms with Gasteiger partial charge in [0, 0.05) is 12.6 Å². The first-order chi connectivity index (χ1) is 7.77. The van der Waals surface area contributed by atoms with Crippen molar-refractivity contribution in [1.82, 2.24) is 0 Å². The molecule has 16 heavy (non-hydrogen) atoms. The van der Waals surface area contributed by atoms with Gasteiger partial charge in [0.25, 0.3) is 0 Å². The Balaban J connectivity index is 2.39. The standard InChI is InChI=1S/C13H21NO2/c1-3-13(14)11-5-7-12(8-6-11)16-10-9-15-4-2/h5-8,13H,3-4,9-10,14H2,1-2H3/t13-/m0/s1. The fourth-order valence-corrected chi connectivity index (χ4v) is 1.41. The Kier molecular flexibility index (Phi) is 5.90. The molecule has 0 spiro atoms. The van der Waals surface area contributed by atoms with Crippen molar-refractivity contribution in [2.75, 3.05) is 19.8 Å². The summed E-state index contributed by atoms with van der Waals surface area (Å²) in [6.45, 7) is 6.01. The first kappa shape index (κ1) is 13.0. The van der Waals surface area contributed by atoms with Crippen molar-refractivity contribution in [1.29, 1.82) is 0 Å². The molecule has 3 nitrogen and oxygen atoms in total. The van der Waals surface area contributed by atoms with Crippen LogP contribution in [0.25, 0.3) is 0 Å². The predicted octanol–water partition coefficient (Wildman–Crippen LogP) is 2.51. The summed E-state index contributed by atoms with van der Waals surface area (Å²) in [7, 11) is 0. The molecule has 1 atom stereocenters. The third kappa shape index (κ3) is 4.21. The molecule has 1 aromatic carbocycles. The van der Waals surface area contributed by atoms with Crippen LogP contribution in [0.4, 0.5) is 0 Å². The first-order valence-electron chi connectivity index (χ1n) is 5.84. The lowest BCUT2D eigenvalue weighted by Gasteiger charge is -2.10. The molecule has 0 aliphatic rings. The molecule has 0 amide bonds. The fraction of sp³-hybridized carbons (Fsp3) is 0.538. The highest BCUT2D eigenvalue weighted by Crippen LogP contribution is 2.18. The Labute approximate surface area is 97.6 Å². The van der Waals surface area contributed by atoms with Crippen LogP contribution < -0.4 is 10.5 Å². The van der Waals surface area contributed by atoms with Gasteiger partial charge in [0.2, 0.25) is 0 Å². The van der Waals surface area contributed by atoms with Crippen LogP contribution in [0, 0.1) is 0 Å². The Hall–Kier alpha value is -1.06. The Bertz CT molecular complexity index is 284. The van der Waals surface area contributed by atoms with Crippen molar-refractivity contribution in [3.63, 3.8) is 0 Å². The summed E-state index contributed by atoms with van der Waals surface area (Å²) in [4.78, 5) is 0. The minimum atomic E-state index is 0.123. The minimum absolute atomic E-state index is 0.123. The minimum Gasteiger partial charge on any atom is -0.491 e. The van der Waals surface area contributed by atoms with Crippen molar-refractivity contribution in [3.8, 4) is 5.75 Å². The molecule has 0 radical (unpaired) electrons. The molecule has 0 saturated carbocycles. The van der Waals surface area contributed by atoms with Crippen molar-refractivity contribution in [2.45, 2.75) is 26.3 Å². The number of hydrogen-bond acceptors (Lipinski definition) is 3. The van der Waals surface area contributed by atoms with Gasteiger partial charge in [-0.15, -0.1) is 0 Å². The highest BCUT2D eigenvalue weighted by molar-refractivity contribution is 5.28. The van der Waals surface area contributed by atoms with E-state index in [2.05, 4.69) is 6.92 Å². The van der Waals surface area contributed by atoms with E-state index in [-0.39, 0.29) is 6.04 Å². The molecule has 0 heterocycles.